The normalized spacial score (nSPS) is 12.0. The standard InChI is InChI=1S/C17H33N3O/c1-7-8-20(10-9-19(5)6)13-16-11-17(21-15(16)4)12-18-14(2)3/h11,14,18H,7-10,12-13H2,1-6H3. The molecule has 1 heterocycles. The minimum Gasteiger partial charge on any atom is -0.465 e. The third-order valence-corrected chi connectivity index (χ3v) is 3.55. The summed E-state index contributed by atoms with van der Waals surface area (Å²) < 4.78 is 5.87. The molecule has 0 bridgehead atoms. The van der Waals surface area contributed by atoms with Gasteiger partial charge in [0.05, 0.1) is 6.54 Å². The minimum atomic E-state index is 0.482. The first-order valence-electron chi connectivity index (χ1n) is 8.11. The van der Waals surface area contributed by atoms with E-state index in [2.05, 4.69) is 63.0 Å². The van der Waals surface area contributed by atoms with Crippen molar-refractivity contribution in [1.82, 2.24) is 15.1 Å². The summed E-state index contributed by atoms with van der Waals surface area (Å²) in [4.78, 5) is 4.75. The molecule has 0 unspecified atom stereocenters. The zero-order valence-electron chi connectivity index (χ0n) is 14.7. The highest BCUT2D eigenvalue weighted by atomic mass is 16.3. The number of aryl methyl sites for hydroxylation is 1. The van der Waals surface area contributed by atoms with Crippen LogP contribution in [0.3, 0.4) is 0 Å². The van der Waals surface area contributed by atoms with Crippen LogP contribution >= 0.6 is 0 Å². The largest absolute Gasteiger partial charge is 0.465 e. The number of hydrogen-bond donors (Lipinski definition) is 1. The molecule has 0 amide bonds. The SMILES string of the molecule is CCCN(CCN(C)C)Cc1cc(CNC(C)C)oc1C. The predicted octanol–water partition coefficient (Wildman–Crippen LogP) is 2.86. The van der Waals surface area contributed by atoms with Gasteiger partial charge in [-0.2, -0.15) is 0 Å². The van der Waals surface area contributed by atoms with Crippen molar-refractivity contribution >= 4 is 0 Å². The van der Waals surface area contributed by atoms with Crippen molar-refractivity contribution in [3.8, 4) is 0 Å². The third kappa shape index (κ3) is 7.11. The van der Waals surface area contributed by atoms with Crippen LogP contribution in [-0.4, -0.2) is 49.6 Å². The van der Waals surface area contributed by atoms with Crippen LogP contribution in [0.4, 0.5) is 0 Å². The molecule has 0 spiro atoms. The predicted molar refractivity (Wildman–Crippen MR) is 89.5 cm³/mol. The molecular formula is C17H33N3O. The van der Waals surface area contributed by atoms with Crippen LogP contribution in [0.15, 0.2) is 10.5 Å². The summed E-state index contributed by atoms with van der Waals surface area (Å²) in [6, 6.07) is 2.69. The molecule has 0 radical (unpaired) electrons. The van der Waals surface area contributed by atoms with Gasteiger partial charge in [-0.15, -0.1) is 0 Å². The molecule has 0 saturated carbocycles. The van der Waals surface area contributed by atoms with Gasteiger partial charge in [-0.1, -0.05) is 20.8 Å². The summed E-state index contributed by atoms with van der Waals surface area (Å²) in [5.41, 5.74) is 1.32. The van der Waals surface area contributed by atoms with Gasteiger partial charge in [0.25, 0.3) is 0 Å². The first-order chi connectivity index (χ1) is 9.92. The third-order valence-electron chi connectivity index (χ3n) is 3.55. The molecule has 0 aliphatic rings. The Morgan fingerprint density at radius 2 is 1.90 bits per heavy atom. The number of likely N-dealkylation sites (N-methyl/N-ethyl adjacent to an activating group) is 1. The maximum Gasteiger partial charge on any atom is 0.118 e. The van der Waals surface area contributed by atoms with Crippen molar-refractivity contribution in [3.63, 3.8) is 0 Å². The smallest absolute Gasteiger partial charge is 0.118 e. The van der Waals surface area contributed by atoms with Crippen molar-refractivity contribution in [2.45, 2.75) is 53.2 Å². The number of rotatable bonds is 10. The lowest BCUT2D eigenvalue weighted by Crippen LogP contribution is -2.32. The average molecular weight is 295 g/mol. The zero-order chi connectivity index (χ0) is 15.8. The van der Waals surface area contributed by atoms with Gasteiger partial charge >= 0.3 is 0 Å². The lowest BCUT2D eigenvalue weighted by molar-refractivity contribution is 0.233. The Kier molecular flexibility index (Phi) is 8.01. The number of nitrogens with one attached hydrogen (secondary N) is 1. The van der Waals surface area contributed by atoms with Gasteiger partial charge in [0.2, 0.25) is 0 Å². The first kappa shape index (κ1) is 18.2. The topological polar surface area (TPSA) is 31.6 Å². The molecule has 0 aliphatic carbocycles. The van der Waals surface area contributed by atoms with E-state index >= 15 is 0 Å². The van der Waals surface area contributed by atoms with Gasteiger partial charge in [-0.05, 0) is 40.1 Å². The fourth-order valence-electron chi connectivity index (χ4n) is 2.30. The van der Waals surface area contributed by atoms with Crippen LogP contribution in [0.5, 0.6) is 0 Å². The molecule has 0 fully saturated rings. The molecule has 1 rings (SSSR count). The summed E-state index contributed by atoms with van der Waals surface area (Å²) in [6.45, 7) is 13.7. The fourth-order valence-corrected chi connectivity index (χ4v) is 2.30. The van der Waals surface area contributed by atoms with Crippen LogP contribution in [0.1, 0.15) is 44.3 Å². The van der Waals surface area contributed by atoms with E-state index in [0.29, 0.717) is 6.04 Å². The molecule has 0 aliphatic heterocycles. The summed E-state index contributed by atoms with van der Waals surface area (Å²) in [6.07, 6.45) is 1.19. The highest BCUT2D eigenvalue weighted by Crippen LogP contribution is 2.17. The van der Waals surface area contributed by atoms with Gasteiger partial charge in [0.15, 0.2) is 0 Å². The Balaban J connectivity index is 2.61. The number of furan rings is 1. The Bertz CT molecular complexity index is 399. The van der Waals surface area contributed by atoms with E-state index in [4.69, 9.17) is 4.42 Å². The molecule has 0 atom stereocenters. The fraction of sp³-hybridized carbons (Fsp3) is 0.765. The summed E-state index contributed by atoms with van der Waals surface area (Å²) in [7, 11) is 4.26. The van der Waals surface area contributed by atoms with E-state index in [0.717, 1.165) is 44.2 Å². The van der Waals surface area contributed by atoms with E-state index < -0.39 is 0 Å². The second-order valence-corrected chi connectivity index (χ2v) is 6.41. The summed E-state index contributed by atoms with van der Waals surface area (Å²) >= 11 is 0. The Labute approximate surface area is 130 Å². The highest BCUT2D eigenvalue weighted by Gasteiger charge is 2.12. The van der Waals surface area contributed by atoms with Crippen LogP contribution in [-0.2, 0) is 13.1 Å². The van der Waals surface area contributed by atoms with Crippen molar-refractivity contribution < 1.29 is 4.42 Å². The maximum atomic E-state index is 5.87. The molecule has 0 saturated heterocycles. The molecule has 21 heavy (non-hydrogen) atoms. The monoisotopic (exact) mass is 295 g/mol. The molecule has 1 aromatic heterocycles. The van der Waals surface area contributed by atoms with E-state index in [1.165, 1.54) is 12.0 Å². The molecule has 4 nitrogen and oxygen atoms in total. The van der Waals surface area contributed by atoms with Crippen molar-refractivity contribution in [2.75, 3.05) is 33.7 Å². The van der Waals surface area contributed by atoms with Crippen LogP contribution < -0.4 is 5.32 Å². The summed E-state index contributed by atoms with van der Waals surface area (Å²) in [5.74, 6) is 2.10. The molecule has 122 valence electrons. The summed E-state index contributed by atoms with van der Waals surface area (Å²) in [5, 5.41) is 3.41. The van der Waals surface area contributed by atoms with Crippen molar-refractivity contribution in [1.29, 1.82) is 0 Å². The van der Waals surface area contributed by atoms with Crippen molar-refractivity contribution in [2.24, 2.45) is 0 Å². The van der Waals surface area contributed by atoms with Gasteiger partial charge in [0.1, 0.15) is 11.5 Å². The van der Waals surface area contributed by atoms with Gasteiger partial charge in [0, 0.05) is 31.2 Å². The Morgan fingerprint density at radius 3 is 2.48 bits per heavy atom. The van der Waals surface area contributed by atoms with E-state index in [1.54, 1.807) is 0 Å². The highest BCUT2D eigenvalue weighted by molar-refractivity contribution is 5.20. The first-order valence-corrected chi connectivity index (χ1v) is 8.11. The number of nitrogens with zero attached hydrogens (tertiary/aromatic N) is 2. The average Bonchev–Trinajstić information content (AvgIpc) is 2.74. The second-order valence-electron chi connectivity index (χ2n) is 6.41. The Morgan fingerprint density at radius 1 is 1.19 bits per heavy atom. The molecule has 4 heteroatoms. The number of hydrogen-bond acceptors (Lipinski definition) is 4. The van der Waals surface area contributed by atoms with Crippen LogP contribution in [0.25, 0.3) is 0 Å². The van der Waals surface area contributed by atoms with E-state index in [9.17, 15) is 0 Å². The zero-order valence-corrected chi connectivity index (χ0v) is 14.7. The molecule has 0 aromatic carbocycles. The quantitative estimate of drug-likeness (QED) is 0.719. The van der Waals surface area contributed by atoms with E-state index in [-0.39, 0.29) is 0 Å². The van der Waals surface area contributed by atoms with Crippen molar-refractivity contribution in [3.05, 3.63) is 23.2 Å². The second kappa shape index (κ2) is 9.23. The van der Waals surface area contributed by atoms with E-state index in [1.807, 2.05) is 0 Å². The Hall–Kier alpha value is -0.840. The molecular weight excluding hydrogens is 262 g/mol. The molecule has 1 aromatic rings. The van der Waals surface area contributed by atoms with Gasteiger partial charge in [-0.3, -0.25) is 4.90 Å². The molecule has 1 N–H and O–H groups in total. The minimum absolute atomic E-state index is 0.482. The van der Waals surface area contributed by atoms with Crippen LogP contribution in [0, 0.1) is 6.92 Å². The van der Waals surface area contributed by atoms with Crippen LogP contribution in [0.2, 0.25) is 0 Å². The van der Waals surface area contributed by atoms with Gasteiger partial charge < -0.3 is 14.6 Å². The van der Waals surface area contributed by atoms with Gasteiger partial charge in [-0.25, -0.2) is 0 Å². The lowest BCUT2D eigenvalue weighted by atomic mass is 10.2. The maximum absolute atomic E-state index is 5.87. The lowest BCUT2D eigenvalue weighted by Gasteiger charge is -2.23.